The number of carbonyl (C=O) groups excluding carboxylic acids is 2. The molecule has 0 radical (unpaired) electrons. The molecular formula is C22H26FN3O3. The molecule has 2 N–H and O–H groups in total. The van der Waals surface area contributed by atoms with Gasteiger partial charge in [-0.1, -0.05) is 12.1 Å². The van der Waals surface area contributed by atoms with Crippen LogP contribution >= 0.6 is 0 Å². The Hall–Kier alpha value is -2.93. The number of anilines is 2. The molecule has 0 spiro atoms. The van der Waals surface area contributed by atoms with E-state index in [1.165, 1.54) is 12.1 Å². The summed E-state index contributed by atoms with van der Waals surface area (Å²) in [4.78, 5) is 26.8. The zero-order valence-electron chi connectivity index (χ0n) is 16.5. The predicted molar refractivity (Wildman–Crippen MR) is 110 cm³/mol. The van der Waals surface area contributed by atoms with Crippen LogP contribution in [0.4, 0.5) is 15.8 Å². The van der Waals surface area contributed by atoms with E-state index in [1.54, 1.807) is 19.2 Å². The molecule has 0 atom stereocenters. The van der Waals surface area contributed by atoms with Gasteiger partial charge in [0.05, 0.1) is 12.8 Å². The first kappa shape index (κ1) is 20.8. The first-order valence-corrected chi connectivity index (χ1v) is 9.77. The van der Waals surface area contributed by atoms with Gasteiger partial charge in [-0.3, -0.25) is 9.59 Å². The minimum atomic E-state index is -0.333. The minimum Gasteiger partial charge on any atom is -0.495 e. The second-order valence-electron chi connectivity index (χ2n) is 7.11. The smallest absolute Gasteiger partial charge is 0.227 e. The number of methoxy groups -OCH3 is 1. The summed E-state index contributed by atoms with van der Waals surface area (Å²) in [6, 6.07) is 13.1. The summed E-state index contributed by atoms with van der Waals surface area (Å²) in [6.07, 6.45) is 1.86. The lowest BCUT2D eigenvalue weighted by Gasteiger charge is -2.31. The van der Waals surface area contributed by atoms with Crippen LogP contribution in [-0.4, -0.2) is 43.5 Å². The van der Waals surface area contributed by atoms with Crippen molar-refractivity contribution in [2.45, 2.75) is 19.3 Å². The van der Waals surface area contributed by atoms with E-state index in [0.717, 1.165) is 25.9 Å². The van der Waals surface area contributed by atoms with Gasteiger partial charge in [-0.25, -0.2) is 4.39 Å². The van der Waals surface area contributed by atoms with Crippen molar-refractivity contribution < 1.29 is 18.7 Å². The zero-order valence-corrected chi connectivity index (χ0v) is 16.5. The molecule has 7 heteroatoms. The van der Waals surface area contributed by atoms with E-state index < -0.39 is 0 Å². The zero-order chi connectivity index (χ0) is 20.6. The summed E-state index contributed by atoms with van der Waals surface area (Å²) in [6.45, 7) is 2.18. The van der Waals surface area contributed by atoms with Crippen LogP contribution in [-0.2, 0) is 9.59 Å². The van der Waals surface area contributed by atoms with Gasteiger partial charge in [-0.2, -0.15) is 0 Å². The summed E-state index contributed by atoms with van der Waals surface area (Å²) in [5, 5.41) is 5.72. The molecule has 2 amide bonds. The summed E-state index contributed by atoms with van der Waals surface area (Å²) in [7, 11) is 1.58. The fourth-order valence-corrected chi connectivity index (χ4v) is 3.42. The summed E-state index contributed by atoms with van der Waals surface area (Å²) in [5.41, 5.74) is 1.27. The largest absolute Gasteiger partial charge is 0.495 e. The van der Waals surface area contributed by atoms with Crippen LogP contribution in [0.2, 0.25) is 0 Å². The molecule has 29 heavy (non-hydrogen) atoms. The number of para-hydroxylation sites is 2. The van der Waals surface area contributed by atoms with Crippen LogP contribution in [0.3, 0.4) is 0 Å². The maximum atomic E-state index is 12.9. The average molecular weight is 399 g/mol. The lowest BCUT2D eigenvalue weighted by atomic mass is 9.95. The van der Waals surface area contributed by atoms with Gasteiger partial charge in [-0.15, -0.1) is 0 Å². The molecule has 0 aromatic heterocycles. The van der Waals surface area contributed by atoms with Crippen LogP contribution in [0.25, 0.3) is 0 Å². The Bertz CT molecular complexity index is 833. The average Bonchev–Trinajstić information content (AvgIpc) is 2.74. The number of rotatable bonds is 7. The van der Waals surface area contributed by atoms with Crippen LogP contribution in [0.15, 0.2) is 48.5 Å². The van der Waals surface area contributed by atoms with E-state index in [1.807, 2.05) is 24.3 Å². The lowest BCUT2D eigenvalue weighted by molar-refractivity contribution is -0.121. The Labute approximate surface area is 170 Å². The van der Waals surface area contributed by atoms with Gasteiger partial charge in [0, 0.05) is 24.6 Å². The number of hydrogen-bond acceptors (Lipinski definition) is 4. The number of piperidine rings is 1. The standard InChI is InChI=1S/C22H26FN3O3/c1-29-20-5-3-2-4-19(20)25-22(28)16-10-13-26(14-11-16)15-12-21(27)24-18-8-6-17(23)7-9-18/h2-9,16H,10-15H2,1H3,(H,24,27)(H,25,28). The molecule has 2 aromatic carbocycles. The quantitative estimate of drug-likeness (QED) is 0.748. The number of halogens is 1. The van der Waals surface area contributed by atoms with Gasteiger partial charge in [0.1, 0.15) is 11.6 Å². The monoisotopic (exact) mass is 399 g/mol. The molecule has 1 heterocycles. The second kappa shape index (κ2) is 10.0. The topological polar surface area (TPSA) is 70.7 Å². The predicted octanol–water partition coefficient (Wildman–Crippen LogP) is 3.51. The SMILES string of the molecule is COc1ccccc1NC(=O)C1CCN(CCC(=O)Nc2ccc(F)cc2)CC1. The highest BCUT2D eigenvalue weighted by Crippen LogP contribution is 2.25. The molecule has 1 saturated heterocycles. The third-order valence-electron chi connectivity index (χ3n) is 5.11. The Morgan fingerprint density at radius 1 is 1.07 bits per heavy atom. The van der Waals surface area contributed by atoms with E-state index in [0.29, 0.717) is 30.1 Å². The molecule has 1 fully saturated rings. The molecular weight excluding hydrogens is 373 g/mol. The molecule has 2 aromatic rings. The number of hydrogen-bond donors (Lipinski definition) is 2. The minimum absolute atomic E-state index is 0.00297. The molecule has 154 valence electrons. The van der Waals surface area contributed by atoms with Crippen molar-refractivity contribution in [2.24, 2.45) is 5.92 Å². The molecule has 0 bridgehead atoms. The van der Waals surface area contributed by atoms with Crippen molar-refractivity contribution in [1.29, 1.82) is 0 Å². The van der Waals surface area contributed by atoms with E-state index in [4.69, 9.17) is 4.74 Å². The maximum Gasteiger partial charge on any atom is 0.227 e. The van der Waals surface area contributed by atoms with Gasteiger partial charge < -0.3 is 20.3 Å². The molecule has 1 aliphatic heterocycles. The molecule has 6 nitrogen and oxygen atoms in total. The van der Waals surface area contributed by atoms with Crippen molar-refractivity contribution in [1.82, 2.24) is 4.90 Å². The highest BCUT2D eigenvalue weighted by atomic mass is 19.1. The van der Waals surface area contributed by atoms with Gasteiger partial charge in [-0.05, 0) is 62.3 Å². The Balaban J connectivity index is 1.40. The van der Waals surface area contributed by atoms with Gasteiger partial charge >= 0.3 is 0 Å². The van der Waals surface area contributed by atoms with Crippen molar-refractivity contribution >= 4 is 23.2 Å². The van der Waals surface area contributed by atoms with E-state index in [2.05, 4.69) is 15.5 Å². The Morgan fingerprint density at radius 3 is 2.45 bits per heavy atom. The Morgan fingerprint density at radius 2 is 1.76 bits per heavy atom. The third-order valence-corrected chi connectivity index (χ3v) is 5.11. The summed E-state index contributed by atoms with van der Waals surface area (Å²) < 4.78 is 18.2. The summed E-state index contributed by atoms with van der Waals surface area (Å²) >= 11 is 0. The molecule has 3 rings (SSSR count). The van der Waals surface area contributed by atoms with E-state index in [-0.39, 0.29) is 23.5 Å². The van der Waals surface area contributed by atoms with E-state index in [9.17, 15) is 14.0 Å². The number of carbonyl (C=O) groups is 2. The van der Waals surface area contributed by atoms with Gasteiger partial charge in [0.15, 0.2) is 0 Å². The van der Waals surface area contributed by atoms with E-state index >= 15 is 0 Å². The molecule has 0 aliphatic carbocycles. The molecule has 0 saturated carbocycles. The highest BCUT2D eigenvalue weighted by molar-refractivity contribution is 5.94. The summed E-state index contributed by atoms with van der Waals surface area (Å²) in [5.74, 6) is 0.158. The van der Waals surface area contributed by atoms with Crippen LogP contribution in [0.1, 0.15) is 19.3 Å². The number of benzene rings is 2. The highest BCUT2D eigenvalue weighted by Gasteiger charge is 2.25. The van der Waals surface area contributed by atoms with Crippen molar-refractivity contribution in [2.75, 3.05) is 37.4 Å². The van der Waals surface area contributed by atoms with Crippen molar-refractivity contribution in [3.05, 3.63) is 54.3 Å². The first-order chi connectivity index (χ1) is 14.0. The van der Waals surface area contributed by atoms with Crippen molar-refractivity contribution in [3.63, 3.8) is 0 Å². The van der Waals surface area contributed by atoms with Crippen molar-refractivity contribution in [3.8, 4) is 5.75 Å². The Kier molecular flexibility index (Phi) is 7.19. The fourth-order valence-electron chi connectivity index (χ4n) is 3.42. The number of likely N-dealkylation sites (tertiary alicyclic amines) is 1. The normalized spacial score (nSPS) is 15.0. The third kappa shape index (κ3) is 6.02. The molecule has 0 unspecified atom stereocenters. The fraction of sp³-hybridized carbons (Fsp3) is 0.364. The maximum absolute atomic E-state index is 12.9. The second-order valence-corrected chi connectivity index (χ2v) is 7.11. The van der Waals surface area contributed by atoms with Gasteiger partial charge in [0.2, 0.25) is 11.8 Å². The molecule has 1 aliphatic rings. The number of amides is 2. The number of ether oxygens (including phenoxy) is 1. The van der Waals surface area contributed by atoms with Crippen LogP contribution in [0.5, 0.6) is 5.75 Å². The first-order valence-electron chi connectivity index (χ1n) is 9.77. The number of nitrogens with one attached hydrogen (secondary N) is 2. The number of nitrogens with zero attached hydrogens (tertiary/aromatic N) is 1. The van der Waals surface area contributed by atoms with Crippen LogP contribution in [0, 0.1) is 11.7 Å². The van der Waals surface area contributed by atoms with Gasteiger partial charge in [0.25, 0.3) is 0 Å². The van der Waals surface area contributed by atoms with Crippen LogP contribution < -0.4 is 15.4 Å². The lowest BCUT2D eigenvalue weighted by Crippen LogP contribution is -2.39.